The fraction of sp³-hybridized carbons (Fsp3) is 0.0769. The molecule has 0 radical (unpaired) electrons. The molecule has 5 heteroatoms. The first-order valence-electron chi connectivity index (χ1n) is 5.16. The summed E-state index contributed by atoms with van der Waals surface area (Å²) in [5, 5.41) is 0. The number of alkyl halides is 3. The summed E-state index contributed by atoms with van der Waals surface area (Å²) in [5.41, 5.74) is 4.96. The van der Waals surface area contributed by atoms with Crippen LogP contribution in [-0.2, 0) is 6.18 Å². The van der Waals surface area contributed by atoms with Crippen LogP contribution in [0.4, 0.5) is 18.9 Å². The van der Waals surface area contributed by atoms with Gasteiger partial charge in [-0.2, -0.15) is 13.2 Å². The van der Waals surface area contributed by atoms with E-state index in [-0.39, 0.29) is 11.4 Å². The van der Waals surface area contributed by atoms with Gasteiger partial charge in [0, 0.05) is 0 Å². The molecule has 0 heterocycles. The van der Waals surface area contributed by atoms with E-state index in [1.165, 1.54) is 6.07 Å². The van der Waals surface area contributed by atoms with Gasteiger partial charge in [0.05, 0.1) is 11.3 Å². The van der Waals surface area contributed by atoms with E-state index >= 15 is 0 Å². The lowest BCUT2D eigenvalue weighted by molar-refractivity contribution is -0.137. The second-order valence-electron chi connectivity index (χ2n) is 3.67. The lowest BCUT2D eigenvalue weighted by atomic mass is 10.2. The highest BCUT2D eigenvalue weighted by Gasteiger charge is 2.31. The molecule has 0 aliphatic rings. The van der Waals surface area contributed by atoms with Crippen molar-refractivity contribution in [2.75, 3.05) is 5.73 Å². The maximum Gasteiger partial charge on any atom is 0.416 e. The molecule has 2 rings (SSSR count). The van der Waals surface area contributed by atoms with Crippen LogP contribution in [0.2, 0.25) is 0 Å². The van der Waals surface area contributed by atoms with E-state index in [0.29, 0.717) is 5.75 Å². The second-order valence-corrected chi connectivity index (χ2v) is 3.67. The highest BCUT2D eigenvalue weighted by molar-refractivity contribution is 5.55. The van der Waals surface area contributed by atoms with Crippen LogP contribution in [0.3, 0.4) is 0 Å². The molecule has 0 aromatic heterocycles. The van der Waals surface area contributed by atoms with Crippen LogP contribution in [-0.4, -0.2) is 0 Å². The Morgan fingerprint density at radius 1 is 0.944 bits per heavy atom. The topological polar surface area (TPSA) is 35.2 Å². The highest BCUT2D eigenvalue weighted by Crippen LogP contribution is 2.35. The molecule has 0 saturated carbocycles. The Labute approximate surface area is 102 Å². The summed E-state index contributed by atoms with van der Waals surface area (Å²) in [6.07, 6.45) is -4.41. The summed E-state index contributed by atoms with van der Waals surface area (Å²) in [6.45, 7) is 0. The molecule has 2 N–H and O–H groups in total. The van der Waals surface area contributed by atoms with Gasteiger partial charge in [0.1, 0.15) is 5.75 Å². The third-order valence-corrected chi connectivity index (χ3v) is 2.31. The number of hydrogen-bond donors (Lipinski definition) is 1. The third-order valence-electron chi connectivity index (χ3n) is 2.31. The molecular formula is C13H10F3NO. The number of hydrogen-bond acceptors (Lipinski definition) is 2. The van der Waals surface area contributed by atoms with Crippen LogP contribution in [0.1, 0.15) is 5.56 Å². The average Bonchev–Trinajstić information content (AvgIpc) is 2.32. The Kier molecular flexibility index (Phi) is 3.14. The molecule has 0 aliphatic heterocycles. The monoisotopic (exact) mass is 253 g/mol. The predicted octanol–water partition coefficient (Wildman–Crippen LogP) is 4.08. The predicted molar refractivity (Wildman–Crippen MR) is 62.4 cm³/mol. The van der Waals surface area contributed by atoms with Gasteiger partial charge in [-0.15, -0.1) is 0 Å². The van der Waals surface area contributed by atoms with E-state index in [1.54, 1.807) is 30.3 Å². The first-order chi connectivity index (χ1) is 8.47. The Bertz CT molecular complexity index is 538. The number of benzene rings is 2. The number of rotatable bonds is 2. The summed E-state index contributed by atoms with van der Waals surface area (Å²) in [7, 11) is 0. The van der Waals surface area contributed by atoms with Gasteiger partial charge in [0.25, 0.3) is 0 Å². The van der Waals surface area contributed by atoms with Gasteiger partial charge in [-0.1, -0.05) is 18.2 Å². The molecule has 0 aliphatic carbocycles. The van der Waals surface area contributed by atoms with Crippen molar-refractivity contribution in [1.29, 1.82) is 0 Å². The number of para-hydroxylation sites is 1. The van der Waals surface area contributed by atoms with Crippen LogP contribution in [0.25, 0.3) is 0 Å². The van der Waals surface area contributed by atoms with Gasteiger partial charge in [0.2, 0.25) is 0 Å². The van der Waals surface area contributed by atoms with Crippen LogP contribution in [0, 0.1) is 0 Å². The third kappa shape index (κ3) is 2.74. The summed E-state index contributed by atoms with van der Waals surface area (Å²) < 4.78 is 42.9. The van der Waals surface area contributed by atoms with Crippen LogP contribution in [0.15, 0.2) is 48.5 Å². The van der Waals surface area contributed by atoms with Gasteiger partial charge in [-0.3, -0.25) is 0 Å². The first-order valence-corrected chi connectivity index (χ1v) is 5.16. The molecule has 2 nitrogen and oxygen atoms in total. The smallest absolute Gasteiger partial charge is 0.416 e. The van der Waals surface area contributed by atoms with Gasteiger partial charge < -0.3 is 10.5 Å². The van der Waals surface area contributed by atoms with E-state index in [9.17, 15) is 13.2 Å². The maximum absolute atomic E-state index is 12.5. The number of halogens is 3. The Morgan fingerprint density at radius 3 is 2.22 bits per heavy atom. The average molecular weight is 253 g/mol. The van der Waals surface area contributed by atoms with Crippen molar-refractivity contribution in [2.24, 2.45) is 0 Å². The lowest BCUT2D eigenvalue weighted by Gasteiger charge is -2.12. The van der Waals surface area contributed by atoms with E-state index in [1.807, 2.05) is 0 Å². The molecule has 18 heavy (non-hydrogen) atoms. The Balaban J connectivity index is 2.33. The van der Waals surface area contributed by atoms with Gasteiger partial charge in [-0.05, 0) is 30.3 Å². The van der Waals surface area contributed by atoms with Crippen molar-refractivity contribution < 1.29 is 17.9 Å². The minimum absolute atomic E-state index is 0.00368. The molecule has 0 atom stereocenters. The molecule has 2 aromatic rings. The summed E-state index contributed by atoms with van der Waals surface area (Å²) >= 11 is 0. The van der Waals surface area contributed by atoms with Gasteiger partial charge in [0.15, 0.2) is 5.75 Å². The molecule has 0 spiro atoms. The summed E-state index contributed by atoms with van der Waals surface area (Å²) in [4.78, 5) is 0. The largest absolute Gasteiger partial charge is 0.455 e. The Hall–Kier alpha value is -2.17. The van der Waals surface area contributed by atoms with Crippen LogP contribution in [0.5, 0.6) is 11.5 Å². The fourth-order valence-electron chi connectivity index (χ4n) is 1.41. The molecular weight excluding hydrogens is 243 g/mol. The zero-order chi connectivity index (χ0) is 13.2. The van der Waals surface area contributed by atoms with E-state index in [4.69, 9.17) is 10.5 Å². The summed E-state index contributed by atoms with van der Waals surface area (Å²) in [6, 6.07) is 11.5. The molecule has 94 valence electrons. The van der Waals surface area contributed by atoms with E-state index in [0.717, 1.165) is 12.1 Å². The zero-order valence-corrected chi connectivity index (χ0v) is 9.24. The SMILES string of the molecule is Nc1ccc(C(F)(F)F)cc1Oc1ccccc1. The van der Waals surface area contributed by atoms with Crippen LogP contribution >= 0.6 is 0 Å². The van der Waals surface area contributed by atoms with Crippen molar-refractivity contribution in [1.82, 2.24) is 0 Å². The summed E-state index contributed by atoms with van der Waals surface area (Å²) in [5.74, 6) is 0.430. The number of ether oxygens (including phenoxy) is 1. The van der Waals surface area contributed by atoms with E-state index in [2.05, 4.69) is 0 Å². The van der Waals surface area contributed by atoms with Crippen molar-refractivity contribution in [2.45, 2.75) is 6.18 Å². The first kappa shape index (κ1) is 12.3. The van der Waals surface area contributed by atoms with Crippen molar-refractivity contribution >= 4 is 5.69 Å². The van der Waals surface area contributed by atoms with Crippen molar-refractivity contribution in [3.63, 3.8) is 0 Å². The quantitative estimate of drug-likeness (QED) is 0.818. The van der Waals surface area contributed by atoms with Crippen molar-refractivity contribution in [3.05, 3.63) is 54.1 Å². The standard InChI is InChI=1S/C13H10F3NO/c14-13(15,16)9-6-7-11(17)12(8-9)18-10-4-2-1-3-5-10/h1-8H,17H2. The van der Waals surface area contributed by atoms with Gasteiger partial charge >= 0.3 is 6.18 Å². The minimum Gasteiger partial charge on any atom is -0.455 e. The molecule has 0 amide bonds. The lowest BCUT2D eigenvalue weighted by Crippen LogP contribution is -2.05. The highest BCUT2D eigenvalue weighted by atomic mass is 19.4. The fourth-order valence-corrected chi connectivity index (χ4v) is 1.41. The van der Waals surface area contributed by atoms with Crippen LogP contribution < -0.4 is 10.5 Å². The van der Waals surface area contributed by atoms with Gasteiger partial charge in [-0.25, -0.2) is 0 Å². The Morgan fingerprint density at radius 2 is 1.61 bits per heavy atom. The van der Waals surface area contributed by atoms with E-state index < -0.39 is 11.7 Å². The maximum atomic E-state index is 12.5. The molecule has 2 aromatic carbocycles. The number of nitrogen functional groups attached to an aromatic ring is 1. The molecule has 0 bridgehead atoms. The normalized spacial score (nSPS) is 11.3. The molecule has 0 fully saturated rings. The minimum atomic E-state index is -4.41. The number of anilines is 1. The second kappa shape index (κ2) is 4.60. The number of nitrogens with two attached hydrogens (primary N) is 1. The van der Waals surface area contributed by atoms with Crippen molar-refractivity contribution in [3.8, 4) is 11.5 Å². The molecule has 0 unspecified atom stereocenters. The zero-order valence-electron chi connectivity index (χ0n) is 9.24. The molecule has 0 saturated heterocycles.